The number of anilines is 1. The maximum Gasteiger partial charge on any atom is 0.257 e. The molecule has 1 aliphatic heterocycles. The normalized spacial score (nSPS) is 19.9. The zero-order chi connectivity index (χ0) is 18.6. The number of carbonyl (C=O) groups excluding carboxylic acids is 1. The van der Waals surface area contributed by atoms with Crippen LogP contribution in [0.4, 0.5) is 10.2 Å². The van der Waals surface area contributed by atoms with Gasteiger partial charge in [-0.1, -0.05) is 6.07 Å². The molecule has 0 bridgehead atoms. The fourth-order valence-electron chi connectivity index (χ4n) is 3.13. The lowest BCUT2D eigenvalue weighted by molar-refractivity contribution is -0.0532. The van der Waals surface area contributed by atoms with Crippen LogP contribution in [0, 0.1) is 5.82 Å². The SMILES string of the molecule is CNc1ncccc1C(=O)N1CCCC(O)(COc2cccc(F)c2)C1. The molecule has 0 spiro atoms. The lowest BCUT2D eigenvalue weighted by atomic mass is 9.93. The van der Waals surface area contributed by atoms with E-state index in [1.165, 1.54) is 12.1 Å². The number of benzene rings is 1. The minimum absolute atomic E-state index is 0.00778. The van der Waals surface area contributed by atoms with Crippen LogP contribution < -0.4 is 10.1 Å². The Morgan fingerprint density at radius 3 is 3.04 bits per heavy atom. The number of hydrogen-bond donors (Lipinski definition) is 2. The summed E-state index contributed by atoms with van der Waals surface area (Å²) in [6.45, 7) is 0.699. The van der Waals surface area contributed by atoms with Crippen LogP contribution in [0.1, 0.15) is 23.2 Å². The molecule has 0 aliphatic carbocycles. The molecule has 2 aromatic rings. The molecular formula is C19H22FN3O3. The van der Waals surface area contributed by atoms with Gasteiger partial charge in [0.1, 0.15) is 29.6 Å². The van der Waals surface area contributed by atoms with Gasteiger partial charge in [0.15, 0.2) is 0 Å². The highest BCUT2D eigenvalue weighted by Crippen LogP contribution is 2.25. The number of likely N-dealkylation sites (tertiary alicyclic amines) is 1. The van der Waals surface area contributed by atoms with E-state index in [2.05, 4.69) is 10.3 Å². The number of amides is 1. The van der Waals surface area contributed by atoms with Crippen LogP contribution in [-0.4, -0.2) is 53.2 Å². The van der Waals surface area contributed by atoms with Gasteiger partial charge in [0.05, 0.1) is 12.1 Å². The third-order valence-electron chi connectivity index (χ3n) is 4.42. The summed E-state index contributed by atoms with van der Waals surface area (Å²) in [5.74, 6) is 0.270. The summed E-state index contributed by atoms with van der Waals surface area (Å²) >= 11 is 0. The highest BCUT2D eigenvalue weighted by Gasteiger charge is 2.36. The predicted molar refractivity (Wildman–Crippen MR) is 95.8 cm³/mol. The highest BCUT2D eigenvalue weighted by molar-refractivity contribution is 5.98. The Kier molecular flexibility index (Phi) is 5.37. The van der Waals surface area contributed by atoms with Crippen LogP contribution in [0.25, 0.3) is 0 Å². The first-order valence-electron chi connectivity index (χ1n) is 8.53. The highest BCUT2D eigenvalue weighted by atomic mass is 19.1. The van der Waals surface area contributed by atoms with Crippen LogP contribution in [-0.2, 0) is 0 Å². The van der Waals surface area contributed by atoms with Gasteiger partial charge in [-0.3, -0.25) is 4.79 Å². The fraction of sp³-hybridized carbons (Fsp3) is 0.368. The number of ether oxygens (including phenoxy) is 1. The van der Waals surface area contributed by atoms with Crippen molar-refractivity contribution < 1.29 is 19.0 Å². The van der Waals surface area contributed by atoms with Crippen LogP contribution in [0.15, 0.2) is 42.6 Å². The molecule has 7 heteroatoms. The van der Waals surface area contributed by atoms with Crippen molar-refractivity contribution in [3.63, 3.8) is 0 Å². The van der Waals surface area contributed by atoms with Gasteiger partial charge in [0.2, 0.25) is 0 Å². The van der Waals surface area contributed by atoms with Crippen molar-refractivity contribution >= 4 is 11.7 Å². The fourth-order valence-corrected chi connectivity index (χ4v) is 3.13. The summed E-state index contributed by atoms with van der Waals surface area (Å²) < 4.78 is 18.8. The molecule has 1 fully saturated rings. The maximum absolute atomic E-state index is 13.2. The number of pyridine rings is 1. The van der Waals surface area contributed by atoms with Gasteiger partial charge in [-0.2, -0.15) is 0 Å². The quantitative estimate of drug-likeness (QED) is 0.857. The van der Waals surface area contributed by atoms with Crippen molar-refractivity contribution in [2.45, 2.75) is 18.4 Å². The number of rotatable bonds is 5. The molecule has 1 amide bonds. The number of aliphatic hydroxyl groups is 1. The zero-order valence-electron chi connectivity index (χ0n) is 14.6. The lowest BCUT2D eigenvalue weighted by Gasteiger charge is -2.39. The van der Waals surface area contributed by atoms with Crippen LogP contribution in [0.3, 0.4) is 0 Å². The summed E-state index contributed by atoms with van der Waals surface area (Å²) in [5.41, 5.74) is -0.715. The predicted octanol–water partition coefficient (Wildman–Crippen LogP) is 2.31. The molecule has 2 heterocycles. The van der Waals surface area contributed by atoms with E-state index in [0.29, 0.717) is 36.5 Å². The third kappa shape index (κ3) is 4.11. The third-order valence-corrected chi connectivity index (χ3v) is 4.42. The number of β-amino-alcohol motifs (C(OH)–C–C–N with tert-alkyl or cyclic N) is 1. The number of aromatic nitrogens is 1. The summed E-state index contributed by atoms with van der Waals surface area (Å²) in [4.78, 5) is 18.6. The van der Waals surface area contributed by atoms with Crippen molar-refractivity contribution in [2.24, 2.45) is 0 Å². The monoisotopic (exact) mass is 359 g/mol. The van der Waals surface area contributed by atoms with Gasteiger partial charge in [-0.25, -0.2) is 9.37 Å². The summed E-state index contributed by atoms with van der Waals surface area (Å²) in [6, 6.07) is 9.19. The number of carbonyl (C=O) groups is 1. The molecule has 1 atom stereocenters. The Bertz CT molecular complexity index is 786. The first kappa shape index (κ1) is 18.1. The molecule has 1 aromatic carbocycles. The van der Waals surface area contributed by atoms with Crippen molar-refractivity contribution in [3.8, 4) is 5.75 Å². The van der Waals surface area contributed by atoms with Crippen molar-refractivity contribution in [1.29, 1.82) is 0 Å². The van der Waals surface area contributed by atoms with E-state index < -0.39 is 11.4 Å². The topological polar surface area (TPSA) is 74.7 Å². The Morgan fingerprint density at radius 1 is 1.42 bits per heavy atom. The number of nitrogens with zero attached hydrogens (tertiary/aromatic N) is 2. The van der Waals surface area contributed by atoms with E-state index in [1.807, 2.05) is 0 Å². The molecule has 6 nitrogen and oxygen atoms in total. The molecule has 0 radical (unpaired) electrons. The minimum Gasteiger partial charge on any atom is -0.490 e. The van der Waals surface area contributed by atoms with E-state index in [9.17, 15) is 14.3 Å². The Hall–Kier alpha value is -2.67. The van der Waals surface area contributed by atoms with E-state index in [0.717, 1.165) is 0 Å². The number of piperidine rings is 1. The van der Waals surface area contributed by atoms with Crippen molar-refractivity contribution in [3.05, 3.63) is 54.0 Å². The molecule has 138 valence electrons. The first-order chi connectivity index (χ1) is 12.5. The number of halogens is 1. The zero-order valence-corrected chi connectivity index (χ0v) is 14.6. The van der Waals surface area contributed by atoms with E-state index in [1.54, 1.807) is 42.4 Å². The minimum atomic E-state index is -1.18. The smallest absolute Gasteiger partial charge is 0.257 e. The second kappa shape index (κ2) is 7.70. The van der Waals surface area contributed by atoms with Crippen LogP contribution >= 0.6 is 0 Å². The van der Waals surface area contributed by atoms with Crippen LogP contribution in [0.2, 0.25) is 0 Å². The second-order valence-corrected chi connectivity index (χ2v) is 6.45. The molecule has 26 heavy (non-hydrogen) atoms. The van der Waals surface area contributed by atoms with E-state index in [-0.39, 0.29) is 19.1 Å². The molecule has 1 aliphatic rings. The van der Waals surface area contributed by atoms with Gasteiger partial charge in [-0.05, 0) is 37.1 Å². The number of hydrogen-bond acceptors (Lipinski definition) is 5. The molecule has 3 rings (SSSR count). The summed E-state index contributed by atoms with van der Waals surface area (Å²) in [6.07, 6.45) is 2.78. The standard InChI is InChI=1S/C19H22FN3O3/c1-21-17-16(7-3-9-22-17)18(24)23-10-4-8-19(25,12-23)13-26-15-6-2-5-14(20)11-15/h2-3,5-7,9,11,25H,4,8,10,12-13H2,1H3,(H,21,22). The molecular weight excluding hydrogens is 337 g/mol. The molecule has 2 N–H and O–H groups in total. The van der Waals surface area contributed by atoms with E-state index >= 15 is 0 Å². The van der Waals surface area contributed by atoms with Gasteiger partial charge < -0.3 is 20.1 Å². The molecule has 1 saturated heterocycles. The van der Waals surface area contributed by atoms with Gasteiger partial charge in [0, 0.05) is 25.9 Å². The largest absolute Gasteiger partial charge is 0.490 e. The average molecular weight is 359 g/mol. The molecule has 0 saturated carbocycles. The Labute approximate surface area is 151 Å². The van der Waals surface area contributed by atoms with Crippen LogP contribution in [0.5, 0.6) is 5.75 Å². The lowest BCUT2D eigenvalue weighted by Crippen LogP contribution is -2.53. The van der Waals surface area contributed by atoms with Gasteiger partial charge in [0.25, 0.3) is 5.91 Å². The molecule has 1 unspecified atom stereocenters. The summed E-state index contributed by atoms with van der Waals surface area (Å²) in [5, 5.41) is 13.8. The van der Waals surface area contributed by atoms with Gasteiger partial charge >= 0.3 is 0 Å². The first-order valence-corrected chi connectivity index (χ1v) is 8.53. The summed E-state index contributed by atoms with van der Waals surface area (Å²) in [7, 11) is 1.71. The second-order valence-electron chi connectivity index (χ2n) is 6.45. The van der Waals surface area contributed by atoms with Crippen molar-refractivity contribution in [2.75, 3.05) is 32.1 Å². The number of nitrogens with one attached hydrogen (secondary N) is 1. The van der Waals surface area contributed by atoms with E-state index in [4.69, 9.17) is 4.74 Å². The van der Waals surface area contributed by atoms with Gasteiger partial charge in [-0.15, -0.1) is 0 Å². The molecule has 1 aromatic heterocycles. The maximum atomic E-state index is 13.2. The Balaban J connectivity index is 1.68. The van der Waals surface area contributed by atoms with Crippen molar-refractivity contribution in [1.82, 2.24) is 9.88 Å². The average Bonchev–Trinajstić information content (AvgIpc) is 2.66. The Morgan fingerprint density at radius 2 is 2.27 bits per heavy atom.